The van der Waals surface area contributed by atoms with Crippen LogP contribution in [0.5, 0.6) is 0 Å². The van der Waals surface area contributed by atoms with Gasteiger partial charge in [0.15, 0.2) is 0 Å². The average Bonchev–Trinajstić information content (AvgIpc) is 2.94. The number of carbonyl (C=O) groups excluding carboxylic acids is 2. The number of hydrogen-bond donors (Lipinski definition) is 3. The summed E-state index contributed by atoms with van der Waals surface area (Å²) >= 11 is 0. The lowest BCUT2D eigenvalue weighted by Gasteiger charge is -2.19. The molecule has 0 fully saturated rings. The lowest BCUT2D eigenvalue weighted by Crippen LogP contribution is -2.36. The van der Waals surface area contributed by atoms with Crippen molar-refractivity contribution in [2.75, 3.05) is 13.6 Å². The summed E-state index contributed by atoms with van der Waals surface area (Å²) in [6.45, 7) is 6.40. The molecule has 2 aromatic rings. The molecule has 7 nitrogen and oxygen atoms in total. The predicted octanol–water partition coefficient (Wildman–Crippen LogP) is 2.11. The summed E-state index contributed by atoms with van der Waals surface area (Å²) in [6, 6.07) is 7.68. The number of amides is 3. The maximum atomic E-state index is 12.1. The lowest BCUT2D eigenvalue weighted by atomic mass is 10.2. The van der Waals surface area contributed by atoms with E-state index in [9.17, 15) is 9.59 Å². The van der Waals surface area contributed by atoms with Crippen molar-refractivity contribution in [3.8, 4) is 0 Å². The molecule has 3 N–H and O–H groups in total. The fraction of sp³-hybridized carbons (Fsp3) is 0.471. The van der Waals surface area contributed by atoms with Crippen LogP contribution in [0.2, 0.25) is 0 Å². The summed E-state index contributed by atoms with van der Waals surface area (Å²) in [5, 5.41) is 7.99. The first-order valence-electron chi connectivity index (χ1n) is 8.15. The molecule has 0 aliphatic rings. The van der Waals surface area contributed by atoms with Gasteiger partial charge in [-0.25, -0.2) is 9.78 Å². The van der Waals surface area contributed by atoms with Crippen molar-refractivity contribution >= 4 is 23.0 Å². The first-order chi connectivity index (χ1) is 11.4. The molecule has 1 heterocycles. The quantitative estimate of drug-likeness (QED) is 0.757. The summed E-state index contributed by atoms with van der Waals surface area (Å²) in [7, 11) is 1.54. The van der Waals surface area contributed by atoms with Crippen LogP contribution < -0.4 is 16.0 Å². The third-order valence-corrected chi connectivity index (χ3v) is 3.77. The fourth-order valence-electron chi connectivity index (χ4n) is 2.67. The SMILES string of the molecule is CNC(=O)NCCC(=O)N[C@@H](C)c1nc2ccccc2n1C(C)C. The van der Waals surface area contributed by atoms with Gasteiger partial charge in [0, 0.05) is 26.1 Å². The van der Waals surface area contributed by atoms with Crippen LogP contribution in [0.15, 0.2) is 24.3 Å². The monoisotopic (exact) mass is 331 g/mol. The van der Waals surface area contributed by atoms with Gasteiger partial charge in [0.05, 0.1) is 17.1 Å². The van der Waals surface area contributed by atoms with Gasteiger partial charge in [-0.3, -0.25) is 4.79 Å². The van der Waals surface area contributed by atoms with Crippen molar-refractivity contribution < 1.29 is 9.59 Å². The van der Waals surface area contributed by atoms with Crippen molar-refractivity contribution in [3.63, 3.8) is 0 Å². The highest BCUT2D eigenvalue weighted by Gasteiger charge is 2.19. The third kappa shape index (κ3) is 4.04. The van der Waals surface area contributed by atoms with E-state index in [1.54, 1.807) is 0 Å². The molecule has 0 aliphatic heterocycles. The minimum absolute atomic E-state index is 0.124. The van der Waals surface area contributed by atoms with Crippen LogP contribution in [-0.4, -0.2) is 35.1 Å². The summed E-state index contributed by atoms with van der Waals surface area (Å²) in [4.78, 5) is 27.8. The van der Waals surface area contributed by atoms with Gasteiger partial charge in [-0.1, -0.05) is 12.1 Å². The molecule has 0 unspecified atom stereocenters. The first kappa shape index (κ1) is 17.8. The number of rotatable bonds is 6. The number of benzene rings is 1. The van der Waals surface area contributed by atoms with E-state index in [-0.39, 0.29) is 30.4 Å². The summed E-state index contributed by atoms with van der Waals surface area (Å²) in [5.41, 5.74) is 1.98. The van der Waals surface area contributed by atoms with Crippen molar-refractivity contribution in [3.05, 3.63) is 30.1 Å². The van der Waals surface area contributed by atoms with Crippen molar-refractivity contribution in [1.29, 1.82) is 0 Å². The minimum Gasteiger partial charge on any atom is -0.346 e. The van der Waals surface area contributed by atoms with Crippen LogP contribution >= 0.6 is 0 Å². The Balaban J connectivity index is 2.08. The topological polar surface area (TPSA) is 88.1 Å². The molecule has 1 aromatic carbocycles. The molecule has 0 radical (unpaired) electrons. The smallest absolute Gasteiger partial charge is 0.314 e. The zero-order valence-corrected chi connectivity index (χ0v) is 14.6. The van der Waals surface area contributed by atoms with E-state index in [4.69, 9.17) is 0 Å². The molecule has 24 heavy (non-hydrogen) atoms. The Kier molecular flexibility index (Phi) is 5.78. The van der Waals surface area contributed by atoms with E-state index in [0.717, 1.165) is 16.9 Å². The van der Waals surface area contributed by atoms with E-state index < -0.39 is 0 Å². The molecule has 1 aromatic heterocycles. The standard InChI is InChI=1S/C17H25N5O2/c1-11(2)22-14-8-6-5-7-13(14)21-16(22)12(3)20-15(23)9-10-19-17(24)18-4/h5-8,11-12H,9-10H2,1-4H3,(H,20,23)(H2,18,19,24)/t12-/m0/s1. The van der Waals surface area contributed by atoms with Gasteiger partial charge in [-0.2, -0.15) is 0 Å². The van der Waals surface area contributed by atoms with Gasteiger partial charge >= 0.3 is 6.03 Å². The molecule has 2 rings (SSSR count). The van der Waals surface area contributed by atoms with Crippen LogP contribution in [0, 0.1) is 0 Å². The number of aromatic nitrogens is 2. The van der Waals surface area contributed by atoms with E-state index >= 15 is 0 Å². The fourth-order valence-corrected chi connectivity index (χ4v) is 2.67. The van der Waals surface area contributed by atoms with Crippen LogP contribution in [0.4, 0.5) is 4.79 Å². The van der Waals surface area contributed by atoms with Gasteiger partial charge < -0.3 is 20.5 Å². The number of carbonyl (C=O) groups is 2. The second kappa shape index (κ2) is 7.81. The number of nitrogens with zero attached hydrogens (tertiary/aromatic N) is 2. The number of nitrogens with one attached hydrogen (secondary N) is 3. The highest BCUT2D eigenvalue weighted by molar-refractivity contribution is 5.79. The molecule has 130 valence electrons. The highest BCUT2D eigenvalue weighted by atomic mass is 16.2. The van der Waals surface area contributed by atoms with Gasteiger partial charge in [-0.05, 0) is 32.9 Å². The summed E-state index contributed by atoms with van der Waals surface area (Å²) in [5.74, 6) is 0.708. The second-order valence-electron chi connectivity index (χ2n) is 5.97. The average molecular weight is 331 g/mol. The van der Waals surface area contributed by atoms with Gasteiger partial charge in [0.2, 0.25) is 5.91 Å². The Labute approximate surface area is 141 Å². The molecule has 7 heteroatoms. The Hall–Kier alpha value is -2.57. The largest absolute Gasteiger partial charge is 0.346 e. The predicted molar refractivity (Wildman–Crippen MR) is 93.8 cm³/mol. The Bertz CT molecular complexity index is 723. The molecule has 0 saturated heterocycles. The second-order valence-corrected chi connectivity index (χ2v) is 5.97. The van der Waals surface area contributed by atoms with Gasteiger partial charge in [-0.15, -0.1) is 0 Å². The van der Waals surface area contributed by atoms with E-state index in [1.165, 1.54) is 7.05 Å². The minimum atomic E-state index is -0.294. The molecule has 0 saturated carbocycles. The maximum absolute atomic E-state index is 12.1. The van der Waals surface area contributed by atoms with Crippen LogP contribution in [0.3, 0.4) is 0 Å². The lowest BCUT2D eigenvalue weighted by molar-refractivity contribution is -0.121. The normalized spacial score (nSPS) is 12.2. The molecular weight excluding hydrogens is 306 g/mol. The molecule has 0 aliphatic carbocycles. The van der Waals surface area contributed by atoms with E-state index in [2.05, 4.69) is 39.3 Å². The van der Waals surface area contributed by atoms with Crippen LogP contribution in [-0.2, 0) is 4.79 Å². The number of para-hydroxylation sites is 2. The zero-order valence-electron chi connectivity index (χ0n) is 14.6. The molecule has 0 bridgehead atoms. The van der Waals surface area contributed by atoms with E-state index in [1.807, 2.05) is 31.2 Å². The zero-order chi connectivity index (χ0) is 17.7. The molecule has 3 amide bonds. The first-order valence-corrected chi connectivity index (χ1v) is 8.15. The molecule has 0 spiro atoms. The Morgan fingerprint density at radius 1 is 1.21 bits per heavy atom. The Morgan fingerprint density at radius 2 is 1.92 bits per heavy atom. The number of imidazole rings is 1. The van der Waals surface area contributed by atoms with Gasteiger partial charge in [0.25, 0.3) is 0 Å². The third-order valence-electron chi connectivity index (χ3n) is 3.77. The Morgan fingerprint density at radius 3 is 2.58 bits per heavy atom. The van der Waals surface area contributed by atoms with Crippen molar-refractivity contribution in [1.82, 2.24) is 25.5 Å². The van der Waals surface area contributed by atoms with Gasteiger partial charge in [0.1, 0.15) is 5.82 Å². The summed E-state index contributed by atoms with van der Waals surface area (Å²) < 4.78 is 2.14. The van der Waals surface area contributed by atoms with Crippen molar-refractivity contribution in [2.45, 2.75) is 39.3 Å². The maximum Gasteiger partial charge on any atom is 0.314 e. The summed E-state index contributed by atoms with van der Waals surface area (Å²) in [6.07, 6.45) is 0.222. The number of hydrogen-bond acceptors (Lipinski definition) is 3. The highest BCUT2D eigenvalue weighted by Crippen LogP contribution is 2.24. The van der Waals surface area contributed by atoms with Crippen LogP contribution in [0.25, 0.3) is 11.0 Å². The van der Waals surface area contributed by atoms with Crippen molar-refractivity contribution in [2.24, 2.45) is 0 Å². The molecular formula is C17H25N5O2. The molecule has 1 atom stereocenters. The van der Waals surface area contributed by atoms with Crippen LogP contribution in [0.1, 0.15) is 45.1 Å². The number of urea groups is 1. The number of fused-ring (bicyclic) bond motifs is 1. The van der Waals surface area contributed by atoms with E-state index in [0.29, 0.717) is 6.54 Å².